The number of carbonyl (C=O) groups excluding carboxylic acids is 1. The van der Waals surface area contributed by atoms with Crippen LogP contribution in [-0.4, -0.2) is 68.2 Å². The molecule has 2 aromatic carbocycles. The van der Waals surface area contributed by atoms with Crippen LogP contribution in [0.25, 0.3) is 11.0 Å². The van der Waals surface area contributed by atoms with Gasteiger partial charge in [0.15, 0.2) is 0 Å². The van der Waals surface area contributed by atoms with Crippen LogP contribution in [0.15, 0.2) is 53.4 Å². The van der Waals surface area contributed by atoms with Gasteiger partial charge in [-0.1, -0.05) is 23.7 Å². The van der Waals surface area contributed by atoms with E-state index < -0.39 is 16.1 Å². The van der Waals surface area contributed by atoms with E-state index >= 15 is 0 Å². The predicted octanol–water partition coefficient (Wildman–Crippen LogP) is 3.13. The van der Waals surface area contributed by atoms with E-state index in [4.69, 9.17) is 27.1 Å². The summed E-state index contributed by atoms with van der Waals surface area (Å²) in [6.45, 7) is 2.65. The van der Waals surface area contributed by atoms with Gasteiger partial charge in [-0.15, -0.1) is 0 Å². The van der Waals surface area contributed by atoms with Gasteiger partial charge in [-0.25, -0.2) is 18.1 Å². The number of imidazole rings is 1. The smallest absolute Gasteiger partial charge is 0.240 e. The molecule has 0 radical (unpaired) electrons. The zero-order valence-electron chi connectivity index (χ0n) is 21.0. The predicted molar refractivity (Wildman–Crippen MR) is 144 cm³/mol. The highest BCUT2D eigenvalue weighted by atomic mass is 35.5. The van der Waals surface area contributed by atoms with Crippen molar-refractivity contribution in [2.24, 2.45) is 5.73 Å². The van der Waals surface area contributed by atoms with E-state index in [-0.39, 0.29) is 29.7 Å². The van der Waals surface area contributed by atoms with E-state index in [1.165, 1.54) is 24.3 Å². The Morgan fingerprint density at radius 2 is 2.00 bits per heavy atom. The van der Waals surface area contributed by atoms with E-state index in [2.05, 4.69) is 15.4 Å². The van der Waals surface area contributed by atoms with Gasteiger partial charge in [0.25, 0.3) is 0 Å². The van der Waals surface area contributed by atoms with Crippen molar-refractivity contribution in [2.75, 3.05) is 33.4 Å². The fourth-order valence-corrected chi connectivity index (χ4v) is 5.98. The molecule has 0 bridgehead atoms. The molecule has 1 fully saturated rings. The van der Waals surface area contributed by atoms with Crippen LogP contribution >= 0.6 is 11.6 Å². The quantitative estimate of drug-likeness (QED) is 0.356. The molecular weight excluding hydrogens is 514 g/mol. The minimum Gasteiger partial charge on any atom is -0.385 e. The Morgan fingerprint density at radius 1 is 1.24 bits per heavy atom. The van der Waals surface area contributed by atoms with Crippen LogP contribution in [-0.2, 0) is 26.1 Å². The first-order chi connectivity index (χ1) is 17.8. The van der Waals surface area contributed by atoms with Gasteiger partial charge in [-0.2, -0.15) is 0 Å². The number of amides is 1. The van der Waals surface area contributed by atoms with Crippen LogP contribution in [0.3, 0.4) is 0 Å². The number of hydrogen-bond acceptors (Lipinski definition) is 6. The number of ether oxygens (including phenoxy) is 1. The SMILES string of the molecule is COCCCn1c(C2CCCN(C(=O)CC(N)CNS(=O)(=O)c3ccc(Cl)cc3)C2)nc2ccccc21. The Labute approximate surface area is 223 Å². The summed E-state index contributed by atoms with van der Waals surface area (Å²) in [5.41, 5.74) is 8.20. The van der Waals surface area contributed by atoms with E-state index in [1.54, 1.807) is 7.11 Å². The molecule has 2 heterocycles. The molecule has 4 rings (SSSR count). The second-order valence-corrected chi connectivity index (χ2v) is 11.6. The van der Waals surface area contributed by atoms with Crippen molar-refractivity contribution in [3.8, 4) is 0 Å². The van der Waals surface area contributed by atoms with Gasteiger partial charge in [0.05, 0.1) is 15.9 Å². The summed E-state index contributed by atoms with van der Waals surface area (Å²) in [4.78, 5) is 20.0. The molecule has 0 saturated carbocycles. The number of halogens is 1. The van der Waals surface area contributed by atoms with Crippen molar-refractivity contribution in [2.45, 2.75) is 49.1 Å². The topological polar surface area (TPSA) is 120 Å². The van der Waals surface area contributed by atoms with Gasteiger partial charge in [0, 0.05) is 63.3 Å². The third-order valence-corrected chi connectivity index (χ3v) is 8.34. The highest BCUT2D eigenvalue weighted by Gasteiger charge is 2.29. The lowest BCUT2D eigenvalue weighted by atomic mass is 9.96. The molecule has 3 N–H and O–H groups in total. The molecule has 1 saturated heterocycles. The Morgan fingerprint density at radius 3 is 2.76 bits per heavy atom. The van der Waals surface area contributed by atoms with E-state index in [0.717, 1.165) is 42.7 Å². The average molecular weight is 548 g/mol. The molecule has 1 aromatic heterocycles. The number of methoxy groups -OCH3 is 1. The first kappa shape index (κ1) is 27.5. The number of nitrogens with zero attached hydrogens (tertiary/aromatic N) is 3. The van der Waals surface area contributed by atoms with Crippen molar-refractivity contribution in [1.29, 1.82) is 0 Å². The van der Waals surface area contributed by atoms with E-state index in [0.29, 0.717) is 24.7 Å². The lowest BCUT2D eigenvalue weighted by Gasteiger charge is -2.33. The van der Waals surface area contributed by atoms with Crippen LogP contribution in [0.2, 0.25) is 5.02 Å². The number of aromatic nitrogens is 2. The number of carbonyl (C=O) groups is 1. The van der Waals surface area contributed by atoms with Crippen LogP contribution in [0, 0.1) is 0 Å². The summed E-state index contributed by atoms with van der Waals surface area (Å²) in [6, 6.07) is 13.3. The number of nitrogens with two attached hydrogens (primary N) is 1. The highest BCUT2D eigenvalue weighted by Crippen LogP contribution is 2.30. The second-order valence-electron chi connectivity index (χ2n) is 9.41. The van der Waals surface area contributed by atoms with Crippen molar-refractivity contribution >= 4 is 38.6 Å². The fraction of sp³-hybridized carbons (Fsp3) is 0.462. The Balaban J connectivity index is 1.38. The molecular formula is C26H34ClN5O4S. The number of hydrogen-bond donors (Lipinski definition) is 2. The highest BCUT2D eigenvalue weighted by molar-refractivity contribution is 7.89. The number of likely N-dealkylation sites (tertiary alicyclic amines) is 1. The zero-order valence-corrected chi connectivity index (χ0v) is 22.5. The molecule has 2 unspecified atom stereocenters. The molecule has 1 aliphatic rings. The first-order valence-corrected chi connectivity index (χ1v) is 14.4. The number of benzene rings is 2. The molecule has 2 atom stereocenters. The van der Waals surface area contributed by atoms with Crippen molar-refractivity contribution in [1.82, 2.24) is 19.2 Å². The van der Waals surface area contributed by atoms with Gasteiger partial charge in [-0.3, -0.25) is 4.79 Å². The van der Waals surface area contributed by atoms with Gasteiger partial charge < -0.3 is 19.9 Å². The third kappa shape index (κ3) is 6.88. The average Bonchev–Trinajstić information content (AvgIpc) is 3.27. The number of piperidine rings is 1. The molecule has 37 heavy (non-hydrogen) atoms. The minimum atomic E-state index is -3.74. The minimum absolute atomic E-state index is 0.0384. The normalized spacial score (nSPS) is 17.3. The lowest BCUT2D eigenvalue weighted by molar-refractivity contribution is -0.132. The van der Waals surface area contributed by atoms with Crippen LogP contribution in [0.4, 0.5) is 0 Å². The Bertz CT molecular complexity index is 1310. The maximum Gasteiger partial charge on any atom is 0.240 e. The Hall–Kier alpha value is -2.50. The largest absolute Gasteiger partial charge is 0.385 e. The number of rotatable bonds is 11. The summed E-state index contributed by atoms with van der Waals surface area (Å²) in [5, 5.41) is 0.451. The number of aryl methyl sites for hydroxylation is 1. The maximum absolute atomic E-state index is 13.1. The van der Waals surface area contributed by atoms with Gasteiger partial charge in [0.2, 0.25) is 15.9 Å². The van der Waals surface area contributed by atoms with Gasteiger partial charge >= 0.3 is 0 Å². The summed E-state index contributed by atoms with van der Waals surface area (Å²) >= 11 is 5.84. The van der Waals surface area contributed by atoms with Crippen molar-refractivity contribution in [3.05, 3.63) is 59.4 Å². The number of nitrogens with one attached hydrogen (secondary N) is 1. The van der Waals surface area contributed by atoms with Crippen LogP contribution in [0.1, 0.15) is 37.4 Å². The standard InChI is InChI=1S/C26H34ClN5O4S/c1-36-15-5-14-32-24-8-3-2-7-23(24)30-26(32)19-6-4-13-31(18-19)25(33)16-21(28)17-29-37(34,35)22-11-9-20(27)10-12-22/h2-3,7-12,19,21,29H,4-6,13-18,28H2,1H3. The maximum atomic E-state index is 13.1. The molecule has 11 heteroatoms. The number of sulfonamides is 1. The zero-order chi connectivity index (χ0) is 26.4. The number of para-hydroxylation sites is 2. The molecule has 9 nitrogen and oxygen atoms in total. The van der Waals surface area contributed by atoms with Crippen molar-refractivity contribution < 1.29 is 17.9 Å². The molecule has 200 valence electrons. The molecule has 3 aromatic rings. The van der Waals surface area contributed by atoms with Crippen LogP contribution in [0.5, 0.6) is 0 Å². The van der Waals surface area contributed by atoms with E-state index in [9.17, 15) is 13.2 Å². The molecule has 0 spiro atoms. The van der Waals surface area contributed by atoms with Crippen molar-refractivity contribution in [3.63, 3.8) is 0 Å². The molecule has 0 aliphatic carbocycles. The second kappa shape index (κ2) is 12.4. The van der Waals surface area contributed by atoms with Crippen LogP contribution < -0.4 is 10.5 Å². The third-order valence-electron chi connectivity index (χ3n) is 6.65. The van der Waals surface area contributed by atoms with Gasteiger partial charge in [-0.05, 0) is 55.7 Å². The molecule has 1 amide bonds. The van der Waals surface area contributed by atoms with Gasteiger partial charge in [0.1, 0.15) is 5.82 Å². The monoisotopic (exact) mass is 547 g/mol. The first-order valence-electron chi connectivity index (χ1n) is 12.5. The fourth-order valence-electron chi connectivity index (χ4n) is 4.76. The number of fused-ring (bicyclic) bond motifs is 1. The summed E-state index contributed by atoms with van der Waals surface area (Å²) < 4.78 is 35.0. The van der Waals surface area contributed by atoms with E-state index in [1.807, 2.05) is 23.1 Å². The summed E-state index contributed by atoms with van der Waals surface area (Å²) in [7, 11) is -2.04. The summed E-state index contributed by atoms with van der Waals surface area (Å²) in [5.74, 6) is 1.03. The Kier molecular flexibility index (Phi) is 9.20. The lowest BCUT2D eigenvalue weighted by Crippen LogP contribution is -2.45. The summed E-state index contributed by atoms with van der Waals surface area (Å²) in [6.07, 6.45) is 2.75. The molecule has 1 aliphatic heterocycles.